The quantitative estimate of drug-likeness (QED) is 0.627. The van der Waals surface area contributed by atoms with Crippen LogP contribution >= 0.6 is 0 Å². The van der Waals surface area contributed by atoms with Gasteiger partial charge in [-0.15, -0.1) is 0 Å². The molecule has 2 aromatic rings. The minimum atomic E-state index is 0.677. The van der Waals surface area contributed by atoms with Crippen LogP contribution in [0.1, 0.15) is 30.4 Å². The lowest BCUT2D eigenvalue weighted by molar-refractivity contribution is 0.414. The molecule has 0 fully saturated rings. The zero-order valence-corrected chi connectivity index (χ0v) is 14.2. The number of rotatable bonds is 6. The predicted octanol–water partition coefficient (Wildman–Crippen LogP) is 4.55. The largest absolute Gasteiger partial charge is 0.497 e. The van der Waals surface area contributed by atoms with Crippen molar-refractivity contribution in [2.45, 2.75) is 19.8 Å². The van der Waals surface area contributed by atoms with Gasteiger partial charge in [-0.1, -0.05) is 43.4 Å². The number of ether oxygens (including phenoxy) is 1. The van der Waals surface area contributed by atoms with E-state index in [-0.39, 0.29) is 0 Å². The first kappa shape index (κ1) is 17.4. The fraction of sp³-hybridized carbons (Fsp3) is 0.190. The molecule has 1 aromatic heterocycles. The number of nitrogens with zero attached hydrogens (tertiary/aromatic N) is 1. The standard InChI is InChI=1S/C21H22N2O/c1-5-16(2)14-17(3)20-15-22-21(23-20)9-7-6-8-18-10-12-19(24-4)13-11-18/h5,10-15H,1-2,6,8H2,3-4H3,(H,22,23)/b17-14+. The molecule has 1 heterocycles. The SMILES string of the molecule is C=CC(=C)/C=C(\C)c1cnc(C#CCCc2ccc(OC)cc2)[nH]1. The van der Waals surface area contributed by atoms with Crippen molar-refractivity contribution in [2.24, 2.45) is 0 Å². The molecule has 0 spiro atoms. The van der Waals surface area contributed by atoms with Gasteiger partial charge in [0, 0.05) is 6.42 Å². The Bertz CT molecular complexity index is 798. The second kappa shape index (κ2) is 8.59. The second-order valence-electron chi connectivity index (χ2n) is 5.40. The molecule has 0 saturated carbocycles. The molecule has 0 aliphatic carbocycles. The van der Waals surface area contributed by atoms with E-state index < -0.39 is 0 Å². The summed E-state index contributed by atoms with van der Waals surface area (Å²) in [5, 5.41) is 0. The molecular formula is C21H22N2O. The lowest BCUT2D eigenvalue weighted by Crippen LogP contribution is -1.86. The van der Waals surface area contributed by atoms with Gasteiger partial charge in [-0.3, -0.25) is 0 Å². The Hall–Kier alpha value is -2.99. The number of aryl methyl sites for hydroxylation is 1. The number of H-pyrrole nitrogens is 1. The van der Waals surface area contributed by atoms with Crippen molar-refractivity contribution in [3.63, 3.8) is 0 Å². The Morgan fingerprint density at radius 1 is 1.33 bits per heavy atom. The lowest BCUT2D eigenvalue weighted by Gasteiger charge is -2.00. The molecule has 0 bridgehead atoms. The molecule has 0 unspecified atom stereocenters. The third-order valence-corrected chi connectivity index (χ3v) is 3.57. The topological polar surface area (TPSA) is 37.9 Å². The number of benzene rings is 1. The molecular weight excluding hydrogens is 296 g/mol. The van der Waals surface area contributed by atoms with Crippen molar-refractivity contribution in [1.82, 2.24) is 9.97 Å². The van der Waals surface area contributed by atoms with Crippen LogP contribution in [0.2, 0.25) is 0 Å². The molecule has 0 saturated heterocycles. The van der Waals surface area contributed by atoms with Gasteiger partial charge in [0.25, 0.3) is 0 Å². The van der Waals surface area contributed by atoms with E-state index in [2.05, 4.69) is 47.1 Å². The number of allylic oxidation sites excluding steroid dienone is 4. The van der Waals surface area contributed by atoms with Crippen molar-refractivity contribution in [3.05, 3.63) is 78.4 Å². The van der Waals surface area contributed by atoms with E-state index in [9.17, 15) is 0 Å². The highest BCUT2D eigenvalue weighted by Crippen LogP contribution is 2.14. The monoisotopic (exact) mass is 318 g/mol. The first-order valence-electron chi connectivity index (χ1n) is 7.79. The third-order valence-electron chi connectivity index (χ3n) is 3.57. The maximum Gasteiger partial charge on any atom is 0.183 e. The highest BCUT2D eigenvalue weighted by molar-refractivity contribution is 5.64. The summed E-state index contributed by atoms with van der Waals surface area (Å²) in [6.45, 7) is 9.58. The minimum absolute atomic E-state index is 0.677. The van der Waals surface area contributed by atoms with Gasteiger partial charge >= 0.3 is 0 Å². The number of aromatic amines is 1. The van der Waals surface area contributed by atoms with E-state index in [0.29, 0.717) is 5.82 Å². The van der Waals surface area contributed by atoms with Crippen LogP contribution in [0.3, 0.4) is 0 Å². The summed E-state index contributed by atoms with van der Waals surface area (Å²) in [7, 11) is 1.67. The Labute approximate surface area is 143 Å². The second-order valence-corrected chi connectivity index (χ2v) is 5.40. The van der Waals surface area contributed by atoms with Crippen LogP contribution < -0.4 is 4.74 Å². The van der Waals surface area contributed by atoms with Crippen molar-refractivity contribution in [1.29, 1.82) is 0 Å². The van der Waals surface area contributed by atoms with Gasteiger partial charge in [-0.25, -0.2) is 4.98 Å². The summed E-state index contributed by atoms with van der Waals surface area (Å²) >= 11 is 0. The van der Waals surface area contributed by atoms with Crippen LogP contribution in [-0.4, -0.2) is 17.1 Å². The summed E-state index contributed by atoms with van der Waals surface area (Å²) in [5.74, 6) is 7.77. The zero-order valence-electron chi connectivity index (χ0n) is 14.2. The highest BCUT2D eigenvalue weighted by Gasteiger charge is 2.00. The third kappa shape index (κ3) is 5.03. The summed E-state index contributed by atoms with van der Waals surface area (Å²) < 4.78 is 5.15. The fourth-order valence-corrected chi connectivity index (χ4v) is 2.15. The molecule has 0 aliphatic heterocycles. The molecule has 0 aliphatic rings. The molecule has 2 rings (SSSR count). The van der Waals surface area contributed by atoms with Crippen LogP contribution in [0.4, 0.5) is 0 Å². The van der Waals surface area contributed by atoms with Gasteiger partial charge in [0.15, 0.2) is 5.82 Å². The highest BCUT2D eigenvalue weighted by atomic mass is 16.5. The minimum Gasteiger partial charge on any atom is -0.497 e. The Kier molecular flexibility index (Phi) is 6.22. The molecule has 122 valence electrons. The van der Waals surface area contributed by atoms with Crippen LogP contribution in [0.5, 0.6) is 5.75 Å². The van der Waals surface area contributed by atoms with Gasteiger partial charge in [-0.05, 0) is 48.1 Å². The van der Waals surface area contributed by atoms with Crippen molar-refractivity contribution >= 4 is 5.57 Å². The normalized spacial score (nSPS) is 10.7. The number of imidazole rings is 1. The molecule has 24 heavy (non-hydrogen) atoms. The van der Waals surface area contributed by atoms with Gasteiger partial charge < -0.3 is 9.72 Å². The van der Waals surface area contributed by atoms with Crippen molar-refractivity contribution < 1.29 is 4.74 Å². The van der Waals surface area contributed by atoms with E-state index in [1.807, 2.05) is 25.1 Å². The summed E-state index contributed by atoms with van der Waals surface area (Å²) in [6.07, 6.45) is 7.16. The summed E-state index contributed by atoms with van der Waals surface area (Å²) in [5.41, 5.74) is 4.11. The smallest absolute Gasteiger partial charge is 0.183 e. The lowest BCUT2D eigenvalue weighted by atomic mass is 10.1. The number of aromatic nitrogens is 2. The number of methoxy groups -OCH3 is 1. The predicted molar refractivity (Wildman–Crippen MR) is 99.8 cm³/mol. The van der Waals surface area contributed by atoms with Crippen LogP contribution in [-0.2, 0) is 6.42 Å². The molecule has 3 heteroatoms. The van der Waals surface area contributed by atoms with E-state index in [0.717, 1.165) is 35.4 Å². The van der Waals surface area contributed by atoms with E-state index in [1.54, 1.807) is 19.4 Å². The molecule has 3 nitrogen and oxygen atoms in total. The summed E-state index contributed by atoms with van der Waals surface area (Å²) in [6, 6.07) is 8.06. The Morgan fingerprint density at radius 3 is 2.75 bits per heavy atom. The van der Waals surface area contributed by atoms with E-state index >= 15 is 0 Å². The summed E-state index contributed by atoms with van der Waals surface area (Å²) in [4.78, 5) is 7.51. The van der Waals surface area contributed by atoms with E-state index in [4.69, 9.17) is 4.74 Å². The first-order valence-corrected chi connectivity index (χ1v) is 7.79. The Morgan fingerprint density at radius 2 is 2.08 bits per heavy atom. The molecule has 0 radical (unpaired) electrons. The molecule has 0 amide bonds. The fourth-order valence-electron chi connectivity index (χ4n) is 2.15. The molecule has 1 N–H and O–H groups in total. The maximum absolute atomic E-state index is 5.15. The van der Waals surface area contributed by atoms with Crippen LogP contribution in [0.15, 0.2) is 61.3 Å². The number of nitrogens with one attached hydrogen (secondary N) is 1. The average Bonchev–Trinajstić information content (AvgIpc) is 3.08. The van der Waals surface area contributed by atoms with Gasteiger partial charge in [0.05, 0.1) is 19.0 Å². The van der Waals surface area contributed by atoms with Gasteiger partial charge in [-0.2, -0.15) is 0 Å². The maximum atomic E-state index is 5.15. The number of hydrogen-bond acceptors (Lipinski definition) is 2. The molecule has 0 atom stereocenters. The van der Waals surface area contributed by atoms with E-state index in [1.165, 1.54) is 5.56 Å². The first-order chi connectivity index (χ1) is 11.6. The number of hydrogen-bond donors (Lipinski definition) is 1. The van der Waals surface area contributed by atoms with Crippen molar-refractivity contribution in [2.75, 3.05) is 7.11 Å². The molecule has 1 aromatic carbocycles. The zero-order chi connectivity index (χ0) is 17.4. The Balaban J connectivity index is 1.93. The van der Waals surface area contributed by atoms with Gasteiger partial charge in [0.1, 0.15) is 5.75 Å². The van der Waals surface area contributed by atoms with Crippen LogP contribution in [0.25, 0.3) is 5.57 Å². The van der Waals surface area contributed by atoms with Crippen molar-refractivity contribution in [3.8, 4) is 17.6 Å². The average molecular weight is 318 g/mol. The van der Waals surface area contributed by atoms with Crippen LogP contribution in [0, 0.1) is 11.8 Å². The van der Waals surface area contributed by atoms with Gasteiger partial charge in [0.2, 0.25) is 0 Å².